The minimum atomic E-state index is -1.54. The van der Waals surface area contributed by atoms with Gasteiger partial charge in [-0.1, -0.05) is 48.2 Å². The van der Waals surface area contributed by atoms with Crippen molar-refractivity contribution in [2.75, 3.05) is 76.1 Å². The molecule has 440 valence electrons. The van der Waals surface area contributed by atoms with Crippen LogP contribution in [0.5, 0.6) is 5.75 Å². The Kier molecular flexibility index (Phi) is 17.6. The molecule has 10 rings (SSSR count). The molecule has 0 spiro atoms. The van der Waals surface area contributed by atoms with E-state index in [2.05, 4.69) is 54.8 Å². The van der Waals surface area contributed by atoms with Crippen molar-refractivity contribution < 1.29 is 48.1 Å². The van der Waals surface area contributed by atoms with E-state index in [0.717, 1.165) is 79.3 Å². The molecule has 1 aliphatic carbocycles. The van der Waals surface area contributed by atoms with Crippen LogP contribution >= 0.6 is 0 Å². The van der Waals surface area contributed by atoms with Crippen LogP contribution in [0.2, 0.25) is 0 Å². The van der Waals surface area contributed by atoms with E-state index < -0.39 is 54.5 Å². The number of nitrogens with one attached hydrogen (secondary N) is 6. The van der Waals surface area contributed by atoms with E-state index in [9.17, 15) is 38.7 Å². The second kappa shape index (κ2) is 25.3. The SMILES string of the molecule is COc1ccc(C#CCNC2(C)CCN(C3CCN(c4nc([C@@](COCNC(=O)CNC(=O)[C@H](CC(N)=O)NC(=O)O)(OC5CC5)c5ccccc5)c5cc(-c6cn(C)c(=O)c7[nH]ccc67)ccc5n4)CC3)CC2)cc1N1CCC(=O)NC1=O. The number of benzene rings is 3. The summed E-state index contributed by atoms with van der Waals surface area (Å²) in [5, 5.41) is 23.6. The van der Waals surface area contributed by atoms with Gasteiger partial charge in [-0.25, -0.2) is 19.6 Å². The molecule has 24 nitrogen and oxygen atoms in total. The maximum atomic E-state index is 13.2. The maximum Gasteiger partial charge on any atom is 0.405 e. The number of urea groups is 1. The number of amides is 7. The molecule has 4 fully saturated rings. The number of rotatable bonds is 21. The minimum absolute atomic E-state index is 0.114. The smallest absolute Gasteiger partial charge is 0.405 e. The van der Waals surface area contributed by atoms with Crippen molar-refractivity contribution in [2.45, 2.75) is 87.6 Å². The van der Waals surface area contributed by atoms with Gasteiger partial charge >= 0.3 is 12.1 Å². The van der Waals surface area contributed by atoms with E-state index in [1.807, 2.05) is 78.2 Å². The Balaban J connectivity index is 0.864. The van der Waals surface area contributed by atoms with E-state index in [1.165, 1.54) is 4.90 Å². The minimum Gasteiger partial charge on any atom is -0.495 e. The van der Waals surface area contributed by atoms with Crippen LogP contribution in [-0.4, -0.2) is 155 Å². The lowest BCUT2D eigenvalue weighted by molar-refractivity contribution is -0.130. The first-order chi connectivity index (χ1) is 40.5. The molecule has 0 bridgehead atoms. The van der Waals surface area contributed by atoms with Crippen LogP contribution in [0.1, 0.15) is 75.1 Å². The lowest BCUT2D eigenvalue weighted by atomic mass is 9.87. The zero-order valence-electron chi connectivity index (χ0n) is 47.1. The van der Waals surface area contributed by atoms with Crippen molar-refractivity contribution in [3.8, 4) is 28.7 Å². The van der Waals surface area contributed by atoms with Gasteiger partial charge in [-0.15, -0.1) is 0 Å². The van der Waals surface area contributed by atoms with E-state index in [-0.39, 0.29) is 49.4 Å². The molecule has 3 saturated heterocycles. The highest BCUT2D eigenvalue weighted by molar-refractivity contribution is 6.06. The van der Waals surface area contributed by atoms with Crippen LogP contribution in [0.3, 0.4) is 0 Å². The van der Waals surface area contributed by atoms with Gasteiger partial charge in [0.15, 0.2) is 5.60 Å². The highest BCUT2D eigenvalue weighted by Gasteiger charge is 2.45. The van der Waals surface area contributed by atoms with Gasteiger partial charge in [0, 0.05) is 92.1 Å². The number of methoxy groups -OCH3 is 1. The van der Waals surface area contributed by atoms with E-state index in [0.29, 0.717) is 65.2 Å². The number of likely N-dealkylation sites (tertiary alicyclic amines) is 1. The second-order valence-corrected chi connectivity index (χ2v) is 21.9. The number of hydrogen-bond acceptors (Lipinski definition) is 15. The molecule has 1 saturated carbocycles. The number of carbonyl (C=O) groups excluding carboxylic acids is 5. The first-order valence-corrected chi connectivity index (χ1v) is 28.1. The topological polar surface area (TPSA) is 310 Å². The quantitative estimate of drug-likeness (QED) is 0.0290. The molecule has 24 heteroatoms. The second-order valence-electron chi connectivity index (χ2n) is 21.9. The molecule has 9 N–H and O–H groups in total. The molecule has 0 unspecified atom stereocenters. The highest BCUT2D eigenvalue weighted by Crippen LogP contribution is 2.44. The van der Waals surface area contributed by atoms with Gasteiger partial charge in [-0.2, -0.15) is 0 Å². The number of piperidine rings is 2. The van der Waals surface area contributed by atoms with Gasteiger partial charge in [0.1, 0.15) is 24.0 Å². The third kappa shape index (κ3) is 13.3. The number of hydrogen-bond donors (Lipinski definition) is 8. The number of nitrogens with two attached hydrogens (primary N) is 1. The van der Waals surface area contributed by atoms with Crippen molar-refractivity contribution in [3.63, 3.8) is 0 Å². The Bertz CT molecular complexity index is 3580. The van der Waals surface area contributed by atoms with Crippen molar-refractivity contribution in [1.29, 1.82) is 0 Å². The summed E-state index contributed by atoms with van der Waals surface area (Å²) in [5.74, 6) is 4.79. The Morgan fingerprint density at radius 1 is 0.929 bits per heavy atom. The summed E-state index contributed by atoms with van der Waals surface area (Å²) < 4.78 is 20.7. The fourth-order valence-electron chi connectivity index (χ4n) is 11.3. The predicted octanol–water partition coefficient (Wildman–Crippen LogP) is 3.54. The average molecular weight is 1150 g/mol. The Morgan fingerprint density at radius 3 is 2.42 bits per heavy atom. The van der Waals surface area contributed by atoms with Gasteiger partial charge < -0.3 is 65.7 Å². The lowest BCUT2D eigenvalue weighted by Crippen LogP contribution is -2.55. The summed E-state index contributed by atoms with van der Waals surface area (Å²) in [4.78, 5) is 107. The van der Waals surface area contributed by atoms with Gasteiger partial charge in [0.25, 0.3) is 5.56 Å². The molecule has 6 aromatic rings. The van der Waals surface area contributed by atoms with E-state index in [4.69, 9.17) is 29.9 Å². The number of aromatic amines is 1. The standard InChI is InChI=1S/C60H69N13O11/c1-59(65-23-7-8-37-11-16-48(82-3)47(30-37)73-27-20-50(75)68-57(73)79)21-28-71(29-22-59)40-18-25-72(26-19-40)56-66-45-15-12-38(44-34-70(2)55(78)52-42(44)17-24-62-52)31-43(45)53(69-56)60(84-41-13-14-41,39-9-5-4-6-10-39)35-83-36-64-51(76)33-63-54(77)46(32-49(61)74)67-58(80)81/h4-6,9-12,15-17,24,30-31,34,40-41,46,62,65,67H,13-14,18-23,25-29,32-33,35-36H2,1-3H3,(H2,61,74)(H,63,77)(H,64,76)(H,80,81)(H,68,75,79)/t46-,60-/m0/s1. The van der Waals surface area contributed by atoms with Crippen LogP contribution in [0.4, 0.5) is 21.2 Å². The summed E-state index contributed by atoms with van der Waals surface area (Å²) in [5.41, 5.74) is 8.96. The number of anilines is 2. The number of imide groups is 1. The van der Waals surface area contributed by atoms with Gasteiger partial charge in [0.05, 0.1) is 56.2 Å². The van der Waals surface area contributed by atoms with Crippen LogP contribution in [0.15, 0.2) is 90.0 Å². The fraction of sp³-hybridized carbons (Fsp3) is 0.417. The number of aromatic nitrogens is 4. The normalized spacial score (nSPS) is 17.6. The number of carboxylic acid groups (broad SMARTS) is 1. The summed E-state index contributed by atoms with van der Waals surface area (Å²) >= 11 is 0. The zero-order valence-corrected chi connectivity index (χ0v) is 47.1. The van der Waals surface area contributed by atoms with E-state index >= 15 is 0 Å². The van der Waals surface area contributed by atoms with E-state index in [1.54, 1.807) is 31.0 Å². The third-order valence-electron chi connectivity index (χ3n) is 16.0. The highest BCUT2D eigenvalue weighted by atomic mass is 16.6. The molecule has 84 heavy (non-hydrogen) atoms. The number of primary amides is 1. The molecular weight excluding hydrogens is 1080 g/mol. The number of nitrogens with zero attached hydrogens (tertiary/aromatic N) is 6. The van der Waals surface area contributed by atoms with Crippen LogP contribution in [-0.2, 0) is 41.3 Å². The van der Waals surface area contributed by atoms with Crippen molar-refractivity contribution in [1.82, 2.24) is 51.0 Å². The van der Waals surface area contributed by atoms with Gasteiger partial charge in [-0.3, -0.25) is 34.2 Å². The van der Waals surface area contributed by atoms with Crippen molar-refractivity contribution in [3.05, 3.63) is 112 Å². The van der Waals surface area contributed by atoms with Gasteiger partial charge in [0.2, 0.25) is 29.6 Å². The zero-order chi connectivity index (χ0) is 59.1. The van der Waals surface area contributed by atoms with Crippen LogP contribution in [0.25, 0.3) is 32.9 Å². The van der Waals surface area contributed by atoms with Gasteiger partial charge in [-0.05, 0) is 93.0 Å². The lowest BCUT2D eigenvalue weighted by Gasteiger charge is -2.45. The third-order valence-corrected chi connectivity index (χ3v) is 16.0. The Morgan fingerprint density at radius 2 is 1.70 bits per heavy atom. The number of pyridine rings is 1. The molecule has 6 heterocycles. The first-order valence-electron chi connectivity index (χ1n) is 28.1. The summed E-state index contributed by atoms with van der Waals surface area (Å²) in [6.45, 7) is 5.24. The number of fused-ring (bicyclic) bond motifs is 2. The van der Waals surface area contributed by atoms with Crippen molar-refractivity contribution in [2.24, 2.45) is 12.8 Å². The molecule has 4 aliphatic rings. The number of H-pyrrole nitrogens is 1. The monoisotopic (exact) mass is 1150 g/mol. The largest absolute Gasteiger partial charge is 0.495 e. The molecular formula is C60H69N13O11. The Hall–Kier alpha value is -8.89. The average Bonchev–Trinajstić information content (AvgIpc) is 2.12. The molecule has 3 aliphatic heterocycles. The van der Waals surface area contributed by atoms with Crippen molar-refractivity contribution >= 4 is 69.2 Å². The number of aryl methyl sites for hydroxylation is 1. The summed E-state index contributed by atoms with van der Waals surface area (Å²) in [6, 6.07) is 21.4. The van der Waals surface area contributed by atoms with Crippen LogP contribution in [0, 0.1) is 11.8 Å². The summed E-state index contributed by atoms with van der Waals surface area (Å²) in [7, 11) is 3.26. The summed E-state index contributed by atoms with van der Waals surface area (Å²) in [6.07, 6.45) is 6.74. The maximum absolute atomic E-state index is 13.2. The molecule has 2 atom stereocenters. The number of ether oxygens (including phenoxy) is 3. The number of carbonyl (C=O) groups is 6. The molecule has 3 aromatic heterocycles. The fourth-order valence-corrected chi connectivity index (χ4v) is 11.3. The molecule has 7 amide bonds. The molecule has 0 radical (unpaired) electrons. The van der Waals surface area contributed by atoms with Crippen LogP contribution < -0.4 is 52.4 Å². The molecule has 3 aromatic carbocycles. The Labute approximate surface area is 484 Å². The predicted molar refractivity (Wildman–Crippen MR) is 312 cm³/mol. The first kappa shape index (κ1) is 58.3.